The van der Waals surface area contributed by atoms with E-state index in [1.54, 1.807) is 19.5 Å². The SMILES string of the molecule is COc1ccc(CCNC(=O)c2cn(C3CC3)cc(C(=O)NC3CCCCC3)c2=O)cc1. The Morgan fingerprint density at radius 2 is 1.62 bits per heavy atom. The number of amides is 2. The van der Waals surface area contributed by atoms with Crippen molar-refractivity contribution in [3.05, 3.63) is 63.6 Å². The van der Waals surface area contributed by atoms with E-state index >= 15 is 0 Å². The highest BCUT2D eigenvalue weighted by Gasteiger charge is 2.27. The van der Waals surface area contributed by atoms with Gasteiger partial charge in [0.05, 0.1) is 7.11 Å². The van der Waals surface area contributed by atoms with Crippen molar-refractivity contribution in [1.82, 2.24) is 15.2 Å². The maximum atomic E-state index is 13.0. The molecule has 2 amide bonds. The summed E-state index contributed by atoms with van der Waals surface area (Å²) in [5.41, 5.74) is 0.646. The minimum Gasteiger partial charge on any atom is -0.497 e. The summed E-state index contributed by atoms with van der Waals surface area (Å²) in [6, 6.07) is 8.00. The van der Waals surface area contributed by atoms with Gasteiger partial charge in [-0.3, -0.25) is 14.4 Å². The van der Waals surface area contributed by atoms with Gasteiger partial charge in [-0.05, 0) is 49.8 Å². The lowest BCUT2D eigenvalue weighted by molar-refractivity contribution is 0.0925. The van der Waals surface area contributed by atoms with E-state index in [1.165, 1.54) is 6.42 Å². The number of carbonyl (C=O) groups is 2. The quantitative estimate of drug-likeness (QED) is 0.664. The molecule has 0 radical (unpaired) electrons. The largest absolute Gasteiger partial charge is 0.497 e. The van der Waals surface area contributed by atoms with Crippen molar-refractivity contribution in [3.63, 3.8) is 0 Å². The van der Waals surface area contributed by atoms with Crippen molar-refractivity contribution in [2.45, 2.75) is 63.5 Å². The van der Waals surface area contributed by atoms with Gasteiger partial charge in [-0.2, -0.15) is 0 Å². The number of nitrogens with zero attached hydrogens (tertiary/aromatic N) is 1. The summed E-state index contributed by atoms with van der Waals surface area (Å²) < 4.78 is 7.01. The molecule has 0 unspecified atom stereocenters. The molecule has 0 aliphatic heterocycles. The molecule has 2 N–H and O–H groups in total. The first-order valence-corrected chi connectivity index (χ1v) is 11.5. The van der Waals surface area contributed by atoms with Crippen LogP contribution < -0.4 is 20.8 Å². The van der Waals surface area contributed by atoms with Crippen LogP contribution in [0.15, 0.2) is 41.5 Å². The normalized spacial score (nSPS) is 16.4. The van der Waals surface area contributed by atoms with Gasteiger partial charge in [-0.1, -0.05) is 31.4 Å². The molecule has 2 fully saturated rings. The summed E-state index contributed by atoms with van der Waals surface area (Å²) in [5, 5.41) is 5.84. The van der Waals surface area contributed by atoms with E-state index in [0.717, 1.165) is 49.8 Å². The Morgan fingerprint density at radius 1 is 0.969 bits per heavy atom. The Balaban J connectivity index is 1.46. The molecule has 1 aromatic carbocycles. The Morgan fingerprint density at radius 3 is 2.25 bits per heavy atom. The van der Waals surface area contributed by atoms with Crippen LogP contribution in [-0.4, -0.2) is 36.1 Å². The molecule has 0 atom stereocenters. The number of nitrogens with one attached hydrogen (secondary N) is 2. The van der Waals surface area contributed by atoms with Crippen molar-refractivity contribution in [3.8, 4) is 5.75 Å². The first kappa shape index (κ1) is 22.1. The molecule has 170 valence electrons. The molecule has 0 saturated heterocycles. The molecule has 4 rings (SSSR count). The van der Waals surface area contributed by atoms with Crippen LogP contribution in [0.5, 0.6) is 5.75 Å². The third-order valence-corrected chi connectivity index (χ3v) is 6.30. The zero-order chi connectivity index (χ0) is 22.5. The Labute approximate surface area is 188 Å². The zero-order valence-corrected chi connectivity index (χ0v) is 18.6. The first-order chi connectivity index (χ1) is 15.5. The van der Waals surface area contributed by atoms with Crippen LogP contribution in [0.1, 0.15) is 77.3 Å². The molecule has 2 aromatic rings. The van der Waals surface area contributed by atoms with Crippen molar-refractivity contribution < 1.29 is 14.3 Å². The fourth-order valence-electron chi connectivity index (χ4n) is 4.22. The first-order valence-electron chi connectivity index (χ1n) is 11.5. The summed E-state index contributed by atoms with van der Waals surface area (Å²) >= 11 is 0. The lowest BCUT2D eigenvalue weighted by atomic mass is 9.95. The van der Waals surface area contributed by atoms with Gasteiger partial charge in [0.25, 0.3) is 11.8 Å². The molecule has 0 spiro atoms. The summed E-state index contributed by atoms with van der Waals surface area (Å²) in [7, 11) is 1.62. The van der Waals surface area contributed by atoms with Crippen LogP contribution in [0.4, 0.5) is 0 Å². The predicted molar refractivity (Wildman–Crippen MR) is 122 cm³/mol. The smallest absolute Gasteiger partial charge is 0.256 e. The molecule has 32 heavy (non-hydrogen) atoms. The standard InChI is InChI=1S/C25H31N3O4/c1-32-20-11-7-17(8-12-20)13-14-26-24(30)21-15-28(19-9-10-19)16-22(23(21)29)25(31)27-18-5-3-2-4-6-18/h7-8,11-12,15-16,18-19H,2-6,9-10,13-14H2,1H3,(H,26,30)(H,27,31). The third-order valence-electron chi connectivity index (χ3n) is 6.30. The number of pyridine rings is 1. The van der Waals surface area contributed by atoms with Crippen molar-refractivity contribution >= 4 is 11.8 Å². The molecule has 0 bridgehead atoms. The van der Waals surface area contributed by atoms with Gasteiger partial charge in [0.15, 0.2) is 0 Å². The molecular weight excluding hydrogens is 406 g/mol. The summed E-state index contributed by atoms with van der Waals surface area (Å²) in [6.07, 6.45) is 11.1. The van der Waals surface area contributed by atoms with E-state index in [4.69, 9.17) is 4.74 Å². The molecule has 2 saturated carbocycles. The lowest BCUT2D eigenvalue weighted by Crippen LogP contribution is -2.40. The summed E-state index contributed by atoms with van der Waals surface area (Å²) in [6.45, 7) is 0.395. The monoisotopic (exact) mass is 437 g/mol. The van der Waals surface area contributed by atoms with Crippen LogP contribution >= 0.6 is 0 Å². The van der Waals surface area contributed by atoms with Gasteiger partial charge >= 0.3 is 0 Å². The Bertz CT molecular complexity index is 1020. The number of aromatic nitrogens is 1. The molecule has 1 heterocycles. The third kappa shape index (κ3) is 5.39. The predicted octanol–water partition coefficient (Wildman–Crippen LogP) is 3.23. The lowest BCUT2D eigenvalue weighted by Gasteiger charge is -2.23. The van der Waals surface area contributed by atoms with Gasteiger partial charge in [-0.25, -0.2) is 0 Å². The highest BCUT2D eigenvalue weighted by molar-refractivity contribution is 5.99. The van der Waals surface area contributed by atoms with E-state index in [0.29, 0.717) is 13.0 Å². The van der Waals surface area contributed by atoms with Gasteiger partial charge in [0.1, 0.15) is 16.9 Å². The van der Waals surface area contributed by atoms with Crippen LogP contribution in [0, 0.1) is 0 Å². The average molecular weight is 438 g/mol. The second-order valence-electron chi connectivity index (χ2n) is 8.76. The molecule has 1 aromatic heterocycles. The second-order valence-corrected chi connectivity index (χ2v) is 8.76. The Kier molecular flexibility index (Phi) is 6.93. The maximum absolute atomic E-state index is 13.0. The van der Waals surface area contributed by atoms with E-state index in [-0.39, 0.29) is 29.1 Å². The average Bonchev–Trinajstić information content (AvgIpc) is 3.66. The minimum atomic E-state index is -0.503. The van der Waals surface area contributed by atoms with Gasteiger partial charge < -0.3 is 19.9 Å². The molecule has 2 aliphatic carbocycles. The van der Waals surface area contributed by atoms with Crippen LogP contribution in [0.2, 0.25) is 0 Å². The molecular formula is C25H31N3O4. The van der Waals surface area contributed by atoms with E-state index in [2.05, 4.69) is 10.6 Å². The highest BCUT2D eigenvalue weighted by Crippen LogP contribution is 2.34. The summed E-state index contributed by atoms with van der Waals surface area (Å²) in [4.78, 5) is 38.8. The zero-order valence-electron chi connectivity index (χ0n) is 18.6. The van der Waals surface area contributed by atoms with Crippen LogP contribution in [0.3, 0.4) is 0 Å². The number of carbonyl (C=O) groups excluding carboxylic acids is 2. The fraction of sp³-hybridized carbons (Fsp3) is 0.480. The maximum Gasteiger partial charge on any atom is 0.256 e. The highest BCUT2D eigenvalue weighted by atomic mass is 16.5. The number of benzene rings is 1. The fourth-order valence-corrected chi connectivity index (χ4v) is 4.22. The van der Waals surface area contributed by atoms with Crippen LogP contribution in [-0.2, 0) is 6.42 Å². The van der Waals surface area contributed by atoms with Gasteiger partial charge in [0, 0.05) is 31.0 Å². The van der Waals surface area contributed by atoms with Crippen molar-refractivity contribution in [1.29, 1.82) is 0 Å². The van der Waals surface area contributed by atoms with Gasteiger partial charge in [-0.15, -0.1) is 0 Å². The molecule has 7 heteroatoms. The minimum absolute atomic E-state index is 0.0305. The number of rotatable bonds is 8. The Hall–Kier alpha value is -3.09. The van der Waals surface area contributed by atoms with E-state index < -0.39 is 11.3 Å². The number of methoxy groups -OCH3 is 1. The number of hydrogen-bond donors (Lipinski definition) is 2. The van der Waals surface area contributed by atoms with Crippen LogP contribution in [0.25, 0.3) is 0 Å². The molecule has 2 aliphatic rings. The number of hydrogen-bond acceptors (Lipinski definition) is 4. The van der Waals surface area contributed by atoms with Gasteiger partial charge in [0.2, 0.25) is 5.43 Å². The molecule has 7 nitrogen and oxygen atoms in total. The van der Waals surface area contributed by atoms with Crippen molar-refractivity contribution in [2.75, 3.05) is 13.7 Å². The van der Waals surface area contributed by atoms with E-state index in [9.17, 15) is 14.4 Å². The summed E-state index contributed by atoms with van der Waals surface area (Å²) in [5.74, 6) is -0.0314. The number of ether oxygens (including phenoxy) is 1. The second kappa shape index (κ2) is 10.0. The van der Waals surface area contributed by atoms with Crippen molar-refractivity contribution in [2.24, 2.45) is 0 Å². The van der Waals surface area contributed by atoms with E-state index in [1.807, 2.05) is 28.8 Å². The topological polar surface area (TPSA) is 89.4 Å².